The van der Waals surface area contributed by atoms with Crippen molar-refractivity contribution in [3.8, 4) is 0 Å². The van der Waals surface area contributed by atoms with Crippen molar-refractivity contribution < 1.29 is 19.8 Å². The van der Waals surface area contributed by atoms with Gasteiger partial charge in [0.25, 0.3) is 0 Å². The Morgan fingerprint density at radius 3 is 1.65 bits per heavy atom. The molecule has 20 heavy (non-hydrogen) atoms. The van der Waals surface area contributed by atoms with E-state index >= 15 is 0 Å². The van der Waals surface area contributed by atoms with Gasteiger partial charge in [-0.15, -0.1) is 0 Å². The Morgan fingerprint density at radius 1 is 1.00 bits per heavy atom. The Morgan fingerprint density at radius 2 is 1.45 bits per heavy atom. The van der Waals surface area contributed by atoms with Crippen LogP contribution in [0.25, 0.3) is 0 Å². The van der Waals surface area contributed by atoms with Gasteiger partial charge in [0, 0.05) is 24.2 Å². The van der Waals surface area contributed by atoms with Crippen molar-refractivity contribution in [2.24, 2.45) is 5.73 Å². The number of hydrogen-bond acceptors (Lipinski definition) is 3. The number of nitrogens with two attached hydrogens (primary N) is 1. The third-order valence-electron chi connectivity index (χ3n) is 3.00. The smallest absolute Gasteiger partial charge is 0.408 e. The number of nitrogens with zero attached hydrogens (tertiary/aromatic N) is 2. The highest BCUT2D eigenvalue weighted by Gasteiger charge is 2.36. The molecule has 0 heterocycles. The van der Waals surface area contributed by atoms with E-state index in [0.29, 0.717) is 0 Å². The third kappa shape index (κ3) is 4.88. The van der Waals surface area contributed by atoms with Crippen molar-refractivity contribution in [2.75, 3.05) is 13.1 Å². The minimum absolute atomic E-state index is 0.0406. The van der Waals surface area contributed by atoms with E-state index in [9.17, 15) is 19.8 Å². The molecule has 0 aromatic heterocycles. The van der Waals surface area contributed by atoms with Crippen LogP contribution in [0.1, 0.15) is 41.5 Å². The molecule has 0 aliphatic carbocycles. The Labute approximate surface area is 120 Å². The van der Waals surface area contributed by atoms with Gasteiger partial charge in [-0.1, -0.05) is 0 Å². The first-order valence-corrected chi connectivity index (χ1v) is 6.55. The lowest BCUT2D eigenvalue weighted by molar-refractivity contribution is 0.0381. The molecule has 2 amide bonds. The van der Waals surface area contributed by atoms with Gasteiger partial charge < -0.3 is 20.8 Å². The molecule has 7 heteroatoms. The average molecular weight is 289 g/mol. The van der Waals surface area contributed by atoms with E-state index < -0.39 is 29.3 Å². The van der Waals surface area contributed by atoms with Gasteiger partial charge in [-0.05, 0) is 41.5 Å². The summed E-state index contributed by atoms with van der Waals surface area (Å²) in [6.45, 7) is 10.6. The molecule has 7 nitrogen and oxygen atoms in total. The van der Waals surface area contributed by atoms with E-state index in [4.69, 9.17) is 5.73 Å². The fourth-order valence-corrected chi connectivity index (χ4v) is 2.10. The van der Waals surface area contributed by atoms with Crippen LogP contribution in [0.2, 0.25) is 0 Å². The second kappa shape index (κ2) is 6.30. The molecule has 1 atom stereocenters. The number of amides is 2. The maximum atomic E-state index is 11.5. The van der Waals surface area contributed by atoms with E-state index in [-0.39, 0.29) is 13.1 Å². The molecule has 0 spiro atoms. The molecule has 0 saturated heterocycles. The van der Waals surface area contributed by atoms with Gasteiger partial charge in [-0.25, -0.2) is 9.59 Å². The molecule has 0 rings (SSSR count). The lowest BCUT2D eigenvalue weighted by atomic mass is 10.0. The molecular weight excluding hydrogens is 262 g/mol. The van der Waals surface area contributed by atoms with Crippen molar-refractivity contribution in [1.82, 2.24) is 9.80 Å². The highest BCUT2D eigenvalue weighted by atomic mass is 16.4. The maximum absolute atomic E-state index is 11.5. The SMILES string of the molecule is CC(C)(C)N(C[C@H](CN)N(C(=O)O)C(C)(C)C)C(=O)O. The van der Waals surface area contributed by atoms with E-state index in [1.165, 1.54) is 9.80 Å². The second-order valence-corrected chi connectivity index (χ2v) is 6.78. The molecule has 0 unspecified atom stereocenters. The zero-order valence-corrected chi connectivity index (χ0v) is 13.2. The van der Waals surface area contributed by atoms with E-state index in [1.54, 1.807) is 41.5 Å². The van der Waals surface area contributed by atoms with Gasteiger partial charge in [-0.2, -0.15) is 0 Å². The summed E-state index contributed by atoms with van der Waals surface area (Å²) in [4.78, 5) is 25.2. The van der Waals surface area contributed by atoms with Gasteiger partial charge in [0.2, 0.25) is 0 Å². The Balaban J connectivity index is 5.36. The van der Waals surface area contributed by atoms with E-state index in [2.05, 4.69) is 0 Å². The monoisotopic (exact) mass is 289 g/mol. The van der Waals surface area contributed by atoms with Crippen LogP contribution >= 0.6 is 0 Å². The predicted molar refractivity (Wildman–Crippen MR) is 76.9 cm³/mol. The zero-order chi connectivity index (χ0) is 16.3. The Bertz CT molecular complexity index is 358. The summed E-state index contributed by atoms with van der Waals surface area (Å²) >= 11 is 0. The summed E-state index contributed by atoms with van der Waals surface area (Å²) in [6, 6.07) is -0.595. The molecule has 0 aromatic carbocycles. The highest BCUT2D eigenvalue weighted by molar-refractivity contribution is 5.68. The van der Waals surface area contributed by atoms with Crippen LogP contribution < -0.4 is 5.73 Å². The van der Waals surface area contributed by atoms with Crippen molar-refractivity contribution in [2.45, 2.75) is 58.7 Å². The summed E-state index contributed by atoms with van der Waals surface area (Å²) in [5.74, 6) is 0. The maximum Gasteiger partial charge on any atom is 0.408 e. The van der Waals surface area contributed by atoms with Crippen LogP contribution in [0, 0.1) is 0 Å². The van der Waals surface area contributed by atoms with Gasteiger partial charge in [0.1, 0.15) is 0 Å². The van der Waals surface area contributed by atoms with E-state index in [0.717, 1.165) is 0 Å². The molecule has 0 aliphatic heterocycles. The van der Waals surface area contributed by atoms with Crippen molar-refractivity contribution in [1.29, 1.82) is 0 Å². The molecule has 0 aromatic rings. The molecule has 4 N–H and O–H groups in total. The van der Waals surface area contributed by atoms with Crippen LogP contribution in [0.5, 0.6) is 0 Å². The largest absolute Gasteiger partial charge is 0.465 e. The zero-order valence-electron chi connectivity index (χ0n) is 13.2. The highest BCUT2D eigenvalue weighted by Crippen LogP contribution is 2.21. The molecule has 0 bridgehead atoms. The number of carboxylic acid groups (broad SMARTS) is 2. The van der Waals surface area contributed by atoms with Crippen LogP contribution in [-0.2, 0) is 0 Å². The van der Waals surface area contributed by atoms with Crippen molar-refractivity contribution in [3.63, 3.8) is 0 Å². The molecule has 118 valence electrons. The van der Waals surface area contributed by atoms with Crippen molar-refractivity contribution in [3.05, 3.63) is 0 Å². The number of rotatable bonds is 4. The van der Waals surface area contributed by atoms with Gasteiger partial charge in [0.15, 0.2) is 0 Å². The summed E-state index contributed by atoms with van der Waals surface area (Å²) in [5.41, 5.74) is 4.40. The topological polar surface area (TPSA) is 107 Å². The van der Waals surface area contributed by atoms with Crippen LogP contribution in [0.15, 0.2) is 0 Å². The van der Waals surface area contributed by atoms with Gasteiger partial charge in [-0.3, -0.25) is 4.90 Å². The number of carbonyl (C=O) groups is 2. The van der Waals surface area contributed by atoms with Crippen LogP contribution in [0.3, 0.4) is 0 Å². The lowest BCUT2D eigenvalue weighted by Crippen LogP contribution is -2.60. The first-order valence-electron chi connectivity index (χ1n) is 6.55. The molecule has 0 saturated carbocycles. The quantitative estimate of drug-likeness (QED) is 0.732. The van der Waals surface area contributed by atoms with Crippen LogP contribution in [-0.4, -0.2) is 62.4 Å². The van der Waals surface area contributed by atoms with E-state index in [1.807, 2.05) is 0 Å². The summed E-state index contributed by atoms with van der Waals surface area (Å²) in [5, 5.41) is 18.7. The van der Waals surface area contributed by atoms with Crippen molar-refractivity contribution >= 4 is 12.2 Å². The second-order valence-electron chi connectivity index (χ2n) is 6.78. The third-order valence-corrected chi connectivity index (χ3v) is 3.00. The molecule has 0 radical (unpaired) electrons. The predicted octanol–water partition coefficient (Wildman–Crippen LogP) is 1.87. The Hall–Kier alpha value is -1.50. The standard InChI is InChI=1S/C13H27N3O4/c1-12(2,3)15(10(17)18)8-9(7-14)16(11(19)20)13(4,5)6/h9H,7-8,14H2,1-6H3,(H,17,18)(H,19,20)/t9-/m0/s1. The summed E-state index contributed by atoms with van der Waals surface area (Å²) in [7, 11) is 0. The average Bonchev–Trinajstić information content (AvgIpc) is 2.18. The first-order chi connectivity index (χ1) is 8.82. The number of hydrogen-bond donors (Lipinski definition) is 3. The normalized spacial score (nSPS) is 13.8. The molecular formula is C13H27N3O4. The fraction of sp³-hybridized carbons (Fsp3) is 0.846. The van der Waals surface area contributed by atoms with Gasteiger partial charge >= 0.3 is 12.2 Å². The Kier molecular flexibility index (Phi) is 5.83. The first kappa shape index (κ1) is 18.5. The summed E-state index contributed by atoms with van der Waals surface area (Å²) in [6.07, 6.45) is -2.19. The molecule has 0 aliphatic rings. The van der Waals surface area contributed by atoms with Gasteiger partial charge in [0.05, 0.1) is 6.04 Å². The minimum Gasteiger partial charge on any atom is -0.465 e. The fourth-order valence-electron chi connectivity index (χ4n) is 2.10. The summed E-state index contributed by atoms with van der Waals surface area (Å²) < 4.78 is 0. The minimum atomic E-state index is -1.10. The molecule has 0 fully saturated rings. The van der Waals surface area contributed by atoms with Crippen LogP contribution in [0.4, 0.5) is 9.59 Å². The lowest BCUT2D eigenvalue weighted by Gasteiger charge is -2.43.